The third-order valence-electron chi connectivity index (χ3n) is 6.42. The highest BCUT2D eigenvalue weighted by molar-refractivity contribution is 7.92. The van der Waals surface area contributed by atoms with Gasteiger partial charge >= 0.3 is 0 Å². The molecular formula is C25H27F2N7O2S. The maximum Gasteiger partial charge on any atom is 0.264 e. The maximum atomic E-state index is 14.1. The second-order valence-corrected chi connectivity index (χ2v) is 10.8. The Balaban J connectivity index is 1.42. The summed E-state index contributed by atoms with van der Waals surface area (Å²) in [4.78, 5) is 11.0. The highest BCUT2D eigenvalue weighted by Crippen LogP contribution is 2.30. The summed E-state index contributed by atoms with van der Waals surface area (Å²) in [6, 6.07) is 7.09. The predicted octanol–water partition coefficient (Wildman–Crippen LogP) is 4.22. The van der Waals surface area contributed by atoms with Gasteiger partial charge in [0, 0.05) is 30.0 Å². The Kier molecular flexibility index (Phi) is 6.78. The minimum Gasteiger partial charge on any atom is -0.368 e. The first-order valence-corrected chi connectivity index (χ1v) is 13.5. The summed E-state index contributed by atoms with van der Waals surface area (Å²) in [6.07, 6.45) is 2.46. The largest absolute Gasteiger partial charge is 0.368 e. The molecule has 5 rings (SSSR count). The quantitative estimate of drug-likeness (QED) is 0.314. The van der Waals surface area contributed by atoms with Crippen LogP contribution in [0.3, 0.4) is 0 Å². The molecule has 0 radical (unpaired) electrons. The van der Waals surface area contributed by atoms with Crippen LogP contribution in [-0.4, -0.2) is 59.7 Å². The summed E-state index contributed by atoms with van der Waals surface area (Å²) < 4.78 is 55.2. The molecule has 1 aliphatic rings. The van der Waals surface area contributed by atoms with E-state index >= 15 is 0 Å². The molecule has 2 aromatic heterocycles. The molecule has 0 spiro atoms. The number of anilines is 2. The van der Waals surface area contributed by atoms with E-state index in [1.54, 1.807) is 19.1 Å². The Morgan fingerprint density at radius 2 is 1.84 bits per heavy atom. The number of aromatic nitrogens is 4. The maximum absolute atomic E-state index is 14.1. The molecule has 12 heteroatoms. The number of aryl methyl sites for hydroxylation is 2. The molecule has 37 heavy (non-hydrogen) atoms. The number of rotatable bonds is 8. The topological polar surface area (TPSA) is 116 Å². The van der Waals surface area contributed by atoms with Crippen LogP contribution in [0.25, 0.3) is 22.4 Å². The number of hydrogen-bond acceptors (Lipinski definition) is 7. The van der Waals surface area contributed by atoms with E-state index in [4.69, 9.17) is 4.98 Å². The van der Waals surface area contributed by atoms with Crippen LogP contribution >= 0.6 is 0 Å². The van der Waals surface area contributed by atoms with Crippen molar-refractivity contribution >= 4 is 32.6 Å². The fourth-order valence-corrected chi connectivity index (χ4v) is 5.67. The number of likely N-dealkylation sites (tertiary alicyclic amines) is 1. The van der Waals surface area contributed by atoms with Crippen LogP contribution in [0.1, 0.15) is 24.1 Å². The van der Waals surface area contributed by atoms with E-state index in [0.29, 0.717) is 34.5 Å². The summed E-state index contributed by atoms with van der Waals surface area (Å²) >= 11 is 0. The summed E-state index contributed by atoms with van der Waals surface area (Å²) in [5, 5.41) is 11.5. The first-order chi connectivity index (χ1) is 17.7. The highest BCUT2D eigenvalue weighted by Gasteiger charge is 2.21. The number of aromatic amines is 1. The van der Waals surface area contributed by atoms with Gasteiger partial charge in [0.25, 0.3) is 10.0 Å². The minimum absolute atomic E-state index is 0.200. The second kappa shape index (κ2) is 10.0. The Labute approximate surface area is 213 Å². The number of nitrogens with one attached hydrogen (secondary N) is 3. The zero-order valence-electron chi connectivity index (χ0n) is 20.5. The summed E-state index contributed by atoms with van der Waals surface area (Å²) in [6.45, 7) is 7.57. The van der Waals surface area contributed by atoms with Gasteiger partial charge in [-0.2, -0.15) is 5.10 Å². The smallest absolute Gasteiger partial charge is 0.264 e. The zero-order valence-corrected chi connectivity index (χ0v) is 21.3. The van der Waals surface area contributed by atoms with E-state index in [-0.39, 0.29) is 5.69 Å². The monoisotopic (exact) mass is 527 g/mol. The predicted molar refractivity (Wildman–Crippen MR) is 138 cm³/mol. The van der Waals surface area contributed by atoms with Crippen LogP contribution in [0.2, 0.25) is 0 Å². The van der Waals surface area contributed by atoms with E-state index in [2.05, 4.69) is 30.1 Å². The number of fused-ring (bicyclic) bond motifs is 1. The van der Waals surface area contributed by atoms with Crippen molar-refractivity contribution in [2.45, 2.75) is 31.6 Å². The van der Waals surface area contributed by atoms with Gasteiger partial charge in [-0.3, -0.25) is 9.82 Å². The van der Waals surface area contributed by atoms with Gasteiger partial charge in [0.2, 0.25) is 0 Å². The van der Waals surface area contributed by atoms with Crippen molar-refractivity contribution in [1.29, 1.82) is 0 Å². The van der Waals surface area contributed by atoms with Crippen molar-refractivity contribution in [2.24, 2.45) is 0 Å². The van der Waals surface area contributed by atoms with E-state index in [1.807, 2.05) is 6.92 Å². The lowest BCUT2D eigenvalue weighted by Crippen LogP contribution is -2.26. The summed E-state index contributed by atoms with van der Waals surface area (Å²) in [5.41, 5.74) is 2.96. The molecular weight excluding hydrogens is 500 g/mol. The van der Waals surface area contributed by atoms with Crippen molar-refractivity contribution < 1.29 is 17.2 Å². The van der Waals surface area contributed by atoms with Crippen LogP contribution in [0.15, 0.2) is 41.3 Å². The normalized spacial score (nSPS) is 14.4. The average Bonchev–Trinajstić information content (AvgIpc) is 3.50. The molecule has 3 heterocycles. The fraction of sp³-hybridized carbons (Fsp3) is 0.320. The summed E-state index contributed by atoms with van der Waals surface area (Å²) in [7, 11) is -4.34. The van der Waals surface area contributed by atoms with Gasteiger partial charge in [-0.05, 0) is 81.7 Å². The molecule has 0 atom stereocenters. The third kappa shape index (κ3) is 5.25. The van der Waals surface area contributed by atoms with Gasteiger partial charge < -0.3 is 10.2 Å². The second-order valence-electron chi connectivity index (χ2n) is 9.13. The van der Waals surface area contributed by atoms with Gasteiger partial charge in [0.15, 0.2) is 11.5 Å². The standard InChI is InChI=1S/C25H27F2N7O2S/c1-15-13-18(33-37(35,36)21-14-17(26)5-8-20(21)27)6-7-19(15)23-29-24(22-16(2)31-32-25(22)30-23)28-9-12-34-10-3-4-11-34/h5-8,13-14,33H,3-4,9-12H2,1-2H3,(H2,28,29,30,31,32). The van der Waals surface area contributed by atoms with E-state index < -0.39 is 26.6 Å². The third-order valence-corrected chi connectivity index (χ3v) is 7.81. The molecule has 0 saturated carbocycles. The van der Waals surface area contributed by atoms with Crippen molar-refractivity contribution in [1.82, 2.24) is 25.1 Å². The Hall–Kier alpha value is -3.64. The van der Waals surface area contributed by atoms with E-state index in [0.717, 1.165) is 49.4 Å². The Morgan fingerprint density at radius 3 is 2.59 bits per heavy atom. The Bertz CT molecular complexity index is 1570. The lowest BCUT2D eigenvalue weighted by molar-refractivity contribution is 0.352. The molecule has 1 aliphatic heterocycles. The first kappa shape index (κ1) is 25.0. The van der Waals surface area contributed by atoms with Crippen molar-refractivity contribution in [3.8, 4) is 11.4 Å². The van der Waals surface area contributed by atoms with Crippen molar-refractivity contribution in [3.05, 3.63) is 59.3 Å². The Morgan fingerprint density at radius 1 is 1.05 bits per heavy atom. The van der Waals surface area contributed by atoms with Gasteiger partial charge in [0.1, 0.15) is 22.3 Å². The molecule has 2 aromatic carbocycles. The van der Waals surface area contributed by atoms with Gasteiger partial charge in [-0.25, -0.2) is 27.2 Å². The van der Waals surface area contributed by atoms with Crippen LogP contribution in [0, 0.1) is 25.5 Å². The van der Waals surface area contributed by atoms with Gasteiger partial charge in [-0.15, -0.1) is 0 Å². The molecule has 194 valence electrons. The molecule has 0 bridgehead atoms. The van der Waals surface area contributed by atoms with E-state index in [9.17, 15) is 17.2 Å². The molecule has 4 aromatic rings. The molecule has 1 saturated heterocycles. The number of benzene rings is 2. The number of H-pyrrole nitrogens is 1. The zero-order chi connectivity index (χ0) is 26.2. The molecule has 0 amide bonds. The molecule has 3 N–H and O–H groups in total. The lowest BCUT2D eigenvalue weighted by atomic mass is 10.1. The lowest BCUT2D eigenvalue weighted by Gasteiger charge is -2.16. The summed E-state index contributed by atoms with van der Waals surface area (Å²) in [5.74, 6) is -0.774. The van der Waals surface area contributed by atoms with Gasteiger partial charge in [-0.1, -0.05) is 0 Å². The number of nitrogens with zero attached hydrogens (tertiary/aromatic N) is 4. The van der Waals surface area contributed by atoms with Crippen LogP contribution in [0.4, 0.5) is 20.3 Å². The van der Waals surface area contributed by atoms with Crippen molar-refractivity contribution in [3.63, 3.8) is 0 Å². The first-order valence-electron chi connectivity index (χ1n) is 12.0. The van der Waals surface area contributed by atoms with Crippen LogP contribution in [0.5, 0.6) is 0 Å². The number of hydrogen-bond donors (Lipinski definition) is 3. The number of halogens is 2. The number of sulfonamides is 1. The molecule has 9 nitrogen and oxygen atoms in total. The fourth-order valence-electron chi connectivity index (χ4n) is 4.53. The van der Waals surface area contributed by atoms with E-state index in [1.165, 1.54) is 18.9 Å². The molecule has 1 fully saturated rings. The van der Waals surface area contributed by atoms with Crippen LogP contribution < -0.4 is 10.0 Å². The minimum atomic E-state index is -4.34. The molecule has 0 unspecified atom stereocenters. The highest BCUT2D eigenvalue weighted by atomic mass is 32.2. The average molecular weight is 528 g/mol. The van der Waals surface area contributed by atoms with Gasteiger partial charge in [0.05, 0.1) is 5.39 Å². The van der Waals surface area contributed by atoms with Crippen molar-refractivity contribution in [2.75, 3.05) is 36.2 Å². The molecule has 0 aliphatic carbocycles. The SMILES string of the molecule is Cc1cc(NS(=O)(=O)c2cc(F)ccc2F)ccc1-c1nc(NCCN2CCCC2)c2c(C)[nH]nc2n1. The van der Waals surface area contributed by atoms with Crippen LogP contribution in [-0.2, 0) is 10.0 Å².